The van der Waals surface area contributed by atoms with E-state index in [0.717, 1.165) is 11.0 Å². The molecule has 0 aliphatic rings. The molecular formula is C34H27FeO2P2-5. The molecule has 0 spiro atoms. The van der Waals surface area contributed by atoms with Gasteiger partial charge < -0.3 is 62.7 Å². The molecular weight excluding hydrogens is 558 g/mol. The summed E-state index contributed by atoms with van der Waals surface area (Å²) < 4.78 is 11.8. The molecule has 0 saturated heterocycles. The number of aryl methyl sites for hydroxylation is 2. The molecule has 0 radical (unpaired) electrons. The molecule has 5 heteroatoms. The van der Waals surface area contributed by atoms with Crippen LogP contribution in [0.2, 0.25) is 0 Å². The Bertz CT molecular complexity index is 1420. The Morgan fingerprint density at radius 3 is 1.74 bits per heavy atom. The zero-order valence-corrected chi connectivity index (χ0v) is 24.8. The van der Waals surface area contributed by atoms with Crippen LogP contribution in [-0.2, 0) is 17.1 Å². The summed E-state index contributed by atoms with van der Waals surface area (Å²) in [6, 6.07) is 45.5. The van der Waals surface area contributed by atoms with Crippen molar-refractivity contribution in [2.45, 2.75) is 26.4 Å². The van der Waals surface area contributed by atoms with Crippen molar-refractivity contribution in [2.75, 3.05) is 0 Å². The molecule has 0 aliphatic carbocycles. The van der Waals surface area contributed by atoms with Crippen LogP contribution < -0.4 is 26.9 Å². The molecule has 198 valence electrons. The molecule has 0 aliphatic heterocycles. The average Bonchev–Trinajstić information content (AvgIpc) is 3.77. The fourth-order valence-corrected chi connectivity index (χ4v) is 9.86. The van der Waals surface area contributed by atoms with Gasteiger partial charge in [-0.25, -0.2) is 0 Å². The summed E-state index contributed by atoms with van der Waals surface area (Å²) in [7, 11) is -1.56. The monoisotopic (exact) mass is 585 g/mol. The van der Waals surface area contributed by atoms with Crippen molar-refractivity contribution in [3.63, 3.8) is 0 Å². The molecule has 2 aromatic heterocycles. The maximum absolute atomic E-state index is 5.91. The first-order valence-electron chi connectivity index (χ1n) is 12.4. The summed E-state index contributed by atoms with van der Waals surface area (Å²) in [6.45, 7) is 6.81. The zero-order valence-electron chi connectivity index (χ0n) is 22.0. The van der Waals surface area contributed by atoms with E-state index in [9.17, 15) is 0 Å². The van der Waals surface area contributed by atoms with Crippen LogP contribution in [0.3, 0.4) is 0 Å². The first-order chi connectivity index (χ1) is 18.6. The number of furan rings is 2. The van der Waals surface area contributed by atoms with Gasteiger partial charge in [-0.05, 0) is 73.4 Å². The topological polar surface area (TPSA) is 26.3 Å². The van der Waals surface area contributed by atoms with E-state index in [4.69, 9.17) is 8.83 Å². The van der Waals surface area contributed by atoms with Gasteiger partial charge in [-0.15, -0.1) is 0 Å². The van der Waals surface area contributed by atoms with E-state index < -0.39 is 15.8 Å². The van der Waals surface area contributed by atoms with Gasteiger partial charge in [0.15, 0.2) is 0 Å². The molecule has 0 N–H and O–H groups in total. The molecule has 39 heavy (non-hydrogen) atoms. The molecule has 0 bridgehead atoms. The predicted octanol–water partition coefficient (Wildman–Crippen LogP) is 6.56. The Morgan fingerprint density at radius 1 is 0.769 bits per heavy atom. The third kappa shape index (κ3) is 6.63. The van der Waals surface area contributed by atoms with Crippen molar-refractivity contribution in [1.82, 2.24) is 0 Å². The van der Waals surface area contributed by atoms with Gasteiger partial charge in [0.05, 0.1) is 12.5 Å². The Hall–Kier alpha value is -2.92. The maximum atomic E-state index is 5.91. The van der Waals surface area contributed by atoms with Crippen LogP contribution in [0.25, 0.3) is 0 Å². The van der Waals surface area contributed by atoms with Gasteiger partial charge in [-0.2, -0.15) is 0 Å². The largest absolute Gasteiger partial charge is 2.00 e. The first-order valence-corrected chi connectivity index (χ1v) is 15.2. The minimum absolute atomic E-state index is 0. The van der Waals surface area contributed by atoms with Gasteiger partial charge in [-0.1, -0.05) is 63.4 Å². The van der Waals surface area contributed by atoms with Crippen molar-refractivity contribution in [3.8, 4) is 0 Å². The molecule has 2 heterocycles. The van der Waals surface area contributed by atoms with Crippen LogP contribution in [-0.4, -0.2) is 0 Å². The molecule has 0 fully saturated rings. The average molecular weight is 585 g/mol. The van der Waals surface area contributed by atoms with Gasteiger partial charge in [-0.3, -0.25) is 5.56 Å². The molecule has 0 unspecified atom stereocenters. The second-order valence-electron chi connectivity index (χ2n) is 8.82. The number of hydrogen-bond acceptors (Lipinski definition) is 2. The smallest absolute Gasteiger partial charge is 0.999 e. The summed E-state index contributed by atoms with van der Waals surface area (Å²) in [5, 5.41) is 4.11. The van der Waals surface area contributed by atoms with E-state index in [1.54, 1.807) is 18.6 Å². The summed E-state index contributed by atoms with van der Waals surface area (Å²) in [6.07, 6.45) is 3.49. The van der Waals surface area contributed by atoms with E-state index in [2.05, 4.69) is 124 Å². The van der Waals surface area contributed by atoms with Crippen LogP contribution >= 0.6 is 15.8 Å². The molecule has 6 aromatic rings. The maximum Gasteiger partial charge on any atom is 2.00 e. The van der Waals surface area contributed by atoms with Crippen molar-refractivity contribution < 1.29 is 25.9 Å². The van der Waals surface area contributed by atoms with Gasteiger partial charge in [0.1, 0.15) is 11.0 Å². The van der Waals surface area contributed by atoms with Crippen LogP contribution in [0.5, 0.6) is 0 Å². The third-order valence-electron chi connectivity index (χ3n) is 6.36. The summed E-state index contributed by atoms with van der Waals surface area (Å²) in [5.74, 6) is 0. The van der Waals surface area contributed by atoms with Gasteiger partial charge in [0.2, 0.25) is 0 Å². The minimum atomic E-state index is -0.920. The summed E-state index contributed by atoms with van der Waals surface area (Å²) >= 11 is 0. The fourth-order valence-electron chi connectivity index (χ4n) is 4.57. The van der Waals surface area contributed by atoms with E-state index in [1.165, 1.54) is 32.6 Å². The predicted molar refractivity (Wildman–Crippen MR) is 158 cm³/mol. The Balaban J connectivity index is 0.000000530. The number of rotatable bonds is 7. The van der Waals surface area contributed by atoms with E-state index in [-0.39, 0.29) is 22.7 Å². The number of hydrogen-bond donors (Lipinski definition) is 0. The second-order valence-corrected chi connectivity index (χ2v) is 13.3. The Morgan fingerprint density at radius 2 is 1.31 bits per heavy atom. The Labute approximate surface area is 244 Å². The molecule has 6 rings (SSSR count). The van der Waals surface area contributed by atoms with Gasteiger partial charge in [0.25, 0.3) is 0 Å². The molecule has 0 amide bonds. The zero-order chi connectivity index (χ0) is 26.3. The fraction of sp³-hybridized carbons (Fsp3) is 0.118. The summed E-state index contributed by atoms with van der Waals surface area (Å²) in [4.78, 5) is 0. The molecule has 0 saturated carbocycles. The number of benzene rings is 2. The van der Waals surface area contributed by atoms with Crippen molar-refractivity contribution >= 4 is 42.8 Å². The first kappa shape index (κ1) is 29.1. The normalized spacial score (nSPS) is 11.6. The molecule has 2 nitrogen and oxygen atoms in total. The summed E-state index contributed by atoms with van der Waals surface area (Å²) in [5.41, 5.74) is 6.11. The van der Waals surface area contributed by atoms with E-state index in [0.29, 0.717) is 0 Å². The van der Waals surface area contributed by atoms with Gasteiger partial charge in [0, 0.05) is 0 Å². The quantitative estimate of drug-likeness (QED) is 0.121. The minimum Gasteiger partial charge on any atom is -0.999 e. The Kier molecular flexibility index (Phi) is 10.4. The van der Waals surface area contributed by atoms with Gasteiger partial charge >= 0.3 is 17.1 Å². The SMILES string of the molecule is Cc1ccccc1P(c1ccccc1C)[C@@H](C)c1[c-]cc[c-]1P(c1ccco1)c1ccco1.[Fe+2].[c-]1[c-][c-][cH-][c-]1. The van der Waals surface area contributed by atoms with Crippen LogP contribution in [0.15, 0.2) is 112 Å². The third-order valence-corrected chi connectivity index (χ3v) is 11.7. The van der Waals surface area contributed by atoms with Crippen LogP contribution in [0.1, 0.15) is 29.3 Å². The van der Waals surface area contributed by atoms with Crippen molar-refractivity contribution in [2.24, 2.45) is 0 Å². The van der Waals surface area contributed by atoms with E-state index >= 15 is 0 Å². The van der Waals surface area contributed by atoms with Crippen molar-refractivity contribution in [3.05, 3.63) is 151 Å². The molecule has 4 aromatic carbocycles. The standard InChI is InChI=1S/C29H26O2P2.C5H.Fe/c1-21-11-4-6-14-25(21)32(26-15-7-5-12-22(26)2)23(3)24-13-8-16-27(24)33(28-17-9-19-30-28)29-18-10-20-31-29;1-2-4-5-3-1;/h4-12,14-20,23H,1-3H3;1H;/q-2;-5;+2/t23-;;/m0../s1. The second kappa shape index (κ2) is 13.9. The van der Waals surface area contributed by atoms with Crippen molar-refractivity contribution in [1.29, 1.82) is 0 Å². The van der Waals surface area contributed by atoms with Crippen LogP contribution in [0.4, 0.5) is 0 Å². The molecule has 1 atom stereocenters. The van der Waals surface area contributed by atoms with E-state index in [1.807, 2.05) is 12.1 Å². The van der Waals surface area contributed by atoms with Crippen LogP contribution in [0, 0.1) is 44.2 Å².